The van der Waals surface area contributed by atoms with Gasteiger partial charge in [-0.3, -0.25) is 9.10 Å². The Morgan fingerprint density at radius 3 is 2.47 bits per heavy atom. The molecule has 0 spiro atoms. The Bertz CT molecular complexity index is 1000. The van der Waals surface area contributed by atoms with Crippen molar-refractivity contribution in [2.45, 2.75) is 38.3 Å². The van der Waals surface area contributed by atoms with Crippen LogP contribution in [0.1, 0.15) is 36.9 Å². The van der Waals surface area contributed by atoms with Crippen molar-refractivity contribution in [1.82, 2.24) is 5.32 Å². The normalized spacial score (nSPS) is 16.9. The molecule has 1 N–H and O–H groups in total. The van der Waals surface area contributed by atoms with E-state index in [9.17, 15) is 13.2 Å². The Hall–Kier alpha value is -2.74. The van der Waals surface area contributed by atoms with Crippen LogP contribution in [-0.2, 0) is 21.2 Å². The maximum absolute atomic E-state index is 12.7. The molecular weight excluding hydrogens is 404 g/mol. The highest BCUT2D eigenvalue weighted by molar-refractivity contribution is 7.92. The molecule has 1 amide bonds. The zero-order chi connectivity index (χ0) is 21.9. The van der Waals surface area contributed by atoms with Gasteiger partial charge in [-0.15, -0.1) is 0 Å². The molecule has 0 radical (unpaired) electrons. The zero-order valence-electron chi connectivity index (χ0n) is 17.7. The number of nitrogens with one attached hydrogen (secondary N) is 1. The number of carbonyl (C=O) groups excluding carboxylic acids is 1. The zero-order valence-corrected chi connectivity index (χ0v) is 18.5. The van der Waals surface area contributed by atoms with E-state index in [1.807, 2.05) is 18.2 Å². The number of ether oxygens (including phenoxy) is 2. The van der Waals surface area contributed by atoms with Gasteiger partial charge in [-0.25, -0.2) is 8.42 Å². The molecular formula is C22H28N2O5S. The molecule has 1 aliphatic rings. The van der Waals surface area contributed by atoms with Crippen LogP contribution in [0.5, 0.6) is 11.5 Å². The number of carbonyl (C=O) groups is 1. The topological polar surface area (TPSA) is 84.9 Å². The number of sulfonamides is 1. The highest BCUT2D eigenvalue weighted by Crippen LogP contribution is 2.32. The largest absolute Gasteiger partial charge is 0.497 e. The van der Waals surface area contributed by atoms with Crippen LogP contribution >= 0.6 is 0 Å². The molecule has 2 unspecified atom stereocenters. The molecule has 1 aliphatic carbocycles. The Kier molecular flexibility index (Phi) is 6.55. The molecule has 0 fully saturated rings. The summed E-state index contributed by atoms with van der Waals surface area (Å²) in [5, 5.41) is 3.09. The molecule has 0 aromatic heterocycles. The summed E-state index contributed by atoms with van der Waals surface area (Å²) in [4.78, 5) is 12.7. The highest BCUT2D eigenvalue weighted by atomic mass is 32.2. The van der Waals surface area contributed by atoms with Crippen LogP contribution < -0.4 is 19.1 Å². The Labute approximate surface area is 178 Å². The van der Waals surface area contributed by atoms with Gasteiger partial charge in [0.1, 0.15) is 11.5 Å². The predicted octanol–water partition coefficient (Wildman–Crippen LogP) is 3.05. The summed E-state index contributed by atoms with van der Waals surface area (Å²) in [7, 11) is -0.198. The maximum Gasteiger partial charge on any atom is 0.261 e. The van der Waals surface area contributed by atoms with Crippen molar-refractivity contribution in [2.24, 2.45) is 0 Å². The van der Waals surface area contributed by atoms with Crippen molar-refractivity contribution in [3.63, 3.8) is 0 Å². The molecule has 2 aromatic rings. The fourth-order valence-electron chi connectivity index (χ4n) is 3.54. The van der Waals surface area contributed by atoms with Crippen molar-refractivity contribution < 1.29 is 22.7 Å². The first-order valence-corrected chi connectivity index (χ1v) is 11.7. The van der Waals surface area contributed by atoms with Crippen LogP contribution in [0.25, 0.3) is 0 Å². The van der Waals surface area contributed by atoms with Crippen LogP contribution in [0.15, 0.2) is 42.5 Å². The minimum Gasteiger partial charge on any atom is -0.497 e. The molecule has 162 valence electrons. The van der Waals surface area contributed by atoms with Crippen molar-refractivity contribution in [3.8, 4) is 11.5 Å². The number of fused-ring (bicyclic) bond motifs is 1. The first kappa shape index (κ1) is 22.0. The van der Waals surface area contributed by atoms with Gasteiger partial charge >= 0.3 is 0 Å². The summed E-state index contributed by atoms with van der Waals surface area (Å²) in [5.41, 5.74) is 2.84. The molecule has 7 nitrogen and oxygen atoms in total. The lowest BCUT2D eigenvalue weighted by Gasteiger charge is -2.28. The number of benzene rings is 2. The lowest BCUT2D eigenvalue weighted by atomic mass is 9.87. The summed E-state index contributed by atoms with van der Waals surface area (Å²) in [6, 6.07) is 12.5. The van der Waals surface area contributed by atoms with E-state index >= 15 is 0 Å². The summed E-state index contributed by atoms with van der Waals surface area (Å²) in [6.45, 7) is 1.70. The summed E-state index contributed by atoms with van der Waals surface area (Å²) in [5.74, 6) is 1.13. The molecule has 8 heteroatoms. The van der Waals surface area contributed by atoms with Gasteiger partial charge in [0, 0.05) is 7.05 Å². The van der Waals surface area contributed by atoms with E-state index in [2.05, 4.69) is 5.32 Å². The second-order valence-corrected chi connectivity index (χ2v) is 9.52. The Balaban J connectivity index is 1.63. The minimum absolute atomic E-state index is 0.0519. The van der Waals surface area contributed by atoms with Gasteiger partial charge in [-0.05, 0) is 73.7 Å². The molecule has 0 bridgehead atoms. The van der Waals surface area contributed by atoms with E-state index in [4.69, 9.17) is 9.47 Å². The number of nitrogens with zero attached hydrogens (tertiary/aromatic N) is 1. The van der Waals surface area contributed by atoms with Gasteiger partial charge in [-0.2, -0.15) is 0 Å². The van der Waals surface area contributed by atoms with Crippen molar-refractivity contribution in [3.05, 3.63) is 53.6 Å². The van der Waals surface area contributed by atoms with E-state index in [0.29, 0.717) is 11.4 Å². The van der Waals surface area contributed by atoms with Crippen molar-refractivity contribution in [1.29, 1.82) is 0 Å². The van der Waals surface area contributed by atoms with E-state index in [0.717, 1.165) is 36.8 Å². The fourth-order valence-corrected chi connectivity index (χ4v) is 4.05. The summed E-state index contributed by atoms with van der Waals surface area (Å²) in [6.07, 6.45) is 3.30. The molecule has 0 aliphatic heterocycles. The lowest BCUT2D eigenvalue weighted by molar-refractivity contribution is -0.128. The van der Waals surface area contributed by atoms with Crippen molar-refractivity contribution >= 4 is 21.6 Å². The third-order valence-electron chi connectivity index (χ3n) is 5.36. The summed E-state index contributed by atoms with van der Waals surface area (Å²) < 4.78 is 35.5. The number of anilines is 1. The molecule has 0 saturated carbocycles. The minimum atomic E-state index is -3.33. The van der Waals surface area contributed by atoms with E-state index in [1.165, 1.54) is 16.9 Å². The third kappa shape index (κ3) is 5.05. The number of amides is 1. The van der Waals surface area contributed by atoms with Crippen LogP contribution in [0, 0.1) is 0 Å². The van der Waals surface area contributed by atoms with Gasteiger partial charge < -0.3 is 14.8 Å². The third-order valence-corrected chi connectivity index (χ3v) is 6.57. The van der Waals surface area contributed by atoms with Crippen molar-refractivity contribution in [2.75, 3.05) is 24.7 Å². The standard InChI is InChI=1S/C22H28N2O5S/c1-15(29-18-10-8-17(9-11-18)24(2)30(4,26)27)22(25)23-21-7-5-6-16-14-19(28-3)12-13-20(16)21/h8-15,21H,5-7H2,1-4H3,(H,23,25). The van der Waals surface area contributed by atoms with Gasteiger partial charge in [0.15, 0.2) is 6.10 Å². The second kappa shape index (κ2) is 8.95. The highest BCUT2D eigenvalue weighted by Gasteiger charge is 2.25. The van der Waals surface area contributed by atoms with Crippen LogP contribution in [0.4, 0.5) is 5.69 Å². The van der Waals surface area contributed by atoms with Gasteiger partial charge in [0.25, 0.3) is 5.91 Å². The average Bonchev–Trinajstić information content (AvgIpc) is 2.72. The monoisotopic (exact) mass is 432 g/mol. The van der Waals surface area contributed by atoms with Crippen LogP contribution in [-0.4, -0.2) is 40.8 Å². The number of aryl methyl sites for hydroxylation is 1. The van der Waals surface area contributed by atoms with Crippen LogP contribution in [0.3, 0.4) is 0 Å². The molecule has 2 aromatic carbocycles. The van der Waals surface area contributed by atoms with E-state index < -0.39 is 16.1 Å². The first-order chi connectivity index (χ1) is 14.2. The first-order valence-electron chi connectivity index (χ1n) is 9.87. The molecule has 30 heavy (non-hydrogen) atoms. The Morgan fingerprint density at radius 1 is 1.17 bits per heavy atom. The fraction of sp³-hybridized carbons (Fsp3) is 0.409. The lowest BCUT2D eigenvalue weighted by Crippen LogP contribution is -2.39. The molecule has 3 rings (SSSR count). The quantitative estimate of drug-likeness (QED) is 0.727. The molecule has 0 heterocycles. The van der Waals surface area contributed by atoms with E-state index in [1.54, 1.807) is 38.3 Å². The number of hydrogen-bond donors (Lipinski definition) is 1. The van der Waals surface area contributed by atoms with Gasteiger partial charge in [0.05, 0.1) is 25.1 Å². The van der Waals surface area contributed by atoms with Gasteiger partial charge in [-0.1, -0.05) is 6.07 Å². The number of rotatable bonds is 7. The van der Waals surface area contributed by atoms with E-state index in [-0.39, 0.29) is 11.9 Å². The maximum atomic E-state index is 12.7. The number of methoxy groups -OCH3 is 1. The number of hydrogen-bond acceptors (Lipinski definition) is 5. The SMILES string of the molecule is COc1ccc2c(c1)CCCC2NC(=O)C(C)Oc1ccc(N(C)S(C)(=O)=O)cc1. The molecule has 0 saturated heterocycles. The smallest absolute Gasteiger partial charge is 0.261 e. The van der Waals surface area contributed by atoms with Gasteiger partial charge in [0.2, 0.25) is 10.0 Å². The molecule has 2 atom stereocenters. The summed E-state index contributed by atoms with van der Waals surface area (Å²) >= 11 is 0. The predicted molar refractivity (Wildman–Crippen MR) is 117 cm³/mol. The Morgan fingerprint density at radius 2 is 1.83 bits per heavy atom. The second-order valence-electron chi connectivity index (χ2n) is 7.50. The average molecular weight is 433 g/mol. The van der Waals surface area contributed by atoms with Crippen LogP contribution in [0.2, 0.25) is 0 Å².